The van der Waals surface area contributed by atoms with Crippen molar-refractivity contribution < 1.29 is 14.2 Å². The van der Waals surface area contributed by atoms with E-state index in [-0.39, 0.29) is 11.3 Å². The van der Waals surface area contributed by atoms with Gasteiger partial charge in [0.05, 0.1) is 28.5 Å². The van der Waals surface area contributed by atoms with Crippen molar-refractivity contribution in [3.63, 3.8) is 0 Å². The molecule has 9 rings (SSSR count). The van der Waals surface area contributed by atoms with Gasteiger partial charge in [0, 0.05) is 67.7 Å². The maximum absolute atomic E-state index is 14.9. The van der Waals surface area contributed by atoms with Crippen molar-refractivity contribution in [1.29, 1.82) is 0 Å². The molecule has 5 fully saturated rings. The number of fused-ring (bicyclic) bond motifs is 7. The van der Waals surface area contributed by atoms with Gasteiger partial charge in [0.15, 0.2) is 0 Å². The molecule has 1 aromatic heterocycles. The molecule has 4 saturated heterocycles. The lowest BCUT2D eigenvalue weighted by Crippen LogP contribution is -2.52. The molecule has 1 saturated carbocycles. The number of aromatic nitrogens is 2. The van der Waals surface area contributed by atoms with E-state index in [9.17, 15) is 9.50 Å². The summed E-state index contributed by atoms with van der Waals surface area (Å²) in [6.07, 6.45) is 7.60. The Morgan fingerprint density at radius 3 is 2.77 bits per heavy atom. The van der Waals surface area contributed by atoms with Crippen LogP contribution in [-0.2, 0) is 13.0 Å². The van der Waals surface area contributed by atoms with Crippen LogP contribution in [-0.4, -0.2) is 82.6 Å². The minimum atomic E-state index is -0.797. The fourth-order valence-corrected chi connectivity index (χ4v) is 10.0. The molecule has 10 heteroatoms. The van der Waals surface area contributed by atoms with Gasteiger partial charge in [-0.15, -0.1) is 0 Å². The van der Waals surface area contributed by atoms with Crippen LogP contribution in [0.4, 0.5) is 15.9 Å². The summed E-state index contributed by atoms with van der Waals surface area (Å²) < 4.78 is 21.5. The zero-order chi connectivity index (χ0) is 29.6. The van der Waals surface area contributed by atoms with Crippen molar-refractivity contribution in [3.05, 3.63) is 46.6 Å². The number of halogens is 2. The van der Waals surface area contributed by atoms with E-state index in [0.29, 0.717) is 61.2 Å². The molecule has 6 unspecified atom stereocenters. The molecule has 8 nitrogen and oxygen atoms in total. The lowest BCUT2D eigenvalue weighted by Gasteiger charge is -2.38. The molecule has 44 heavy (non-hydrogen) atoms. The summed E-state index contributed by atoms with van der Waals surface area (Å²) in [6.45, 7) is 4.16. The molecular weight excluding hydrogens is 579 g/mol. The van der Waals surface area contributed by atoms with Gasteiger partial charge in [-0.1, -0.05) is 30.2 Å². The van der Waals surface area contributed by atoms with E-state index in [2.05, 4.69) is 20.0 Å². The first-order chi connectivity index (χ1) is 21.4. The first-order valence-corrected chi connectivity index (χ1v) is 16.9. The van der Waals surface area contributed by atoms with Crippen molar-refractivity contribution in [1.82, 2.24) is 20.2 Å². The molecule has 6 heterocycles. The Morgan fingerprint density at radius 2 is 1.91 bits per heavy atom. The number of anilines is 2. The molecule has 0 amide bonds. The quantitative estimate of drug-likeness (QED) is 0.403. The Bertz CT molecular complexity index is 1610. The highest BCUT2D eigenvalue weighted by molar-refractivity contribution is 6.36. The molecule has 1 aliphatic carbocycles. The maximum Gasteiger partial charge on any atom is 0.318 e. The zero-order valence-electron chi connectivity index (χ0n) is 25.0. The van der Waals surface area contributed by atoms with E-state index >= 15 is 0 Å². The third-order valence-electron chi connectivity index (χ3n) is 11.5. The fraction of sp³-hybridized carbons (Fsp3) is 0.588. The van der Waals surface area contributed by atoms with Gasteiger partial charge in [-0.3, -0.25) is 4.90 Å². The largest absolute Gasteiger partial charge is 0.508 e. The van der Waals surface area contributed by atoms with Crippen molar-refractivity contribution in [2.75, 3.05) is 42.6 Å². The Balaban J connectivity index is 1.07. The smallest absolute Gasteiger partial charge is 0.318 e. The van der Waals surface area contributed by atoms with Crippen molar-refractivity contribution in [3.8, 4) is 11.8 Å². The van der Waals surface area contributed by atoms with Crippen LogP contribution in [0, 0.1) is 5.92 Å². The fourth-order valence-electron chi connectivity index (χ4n) is 9.73. The van der Waals surface area contributed by atoms with Gasteiger partial charge in [-0.25, -0.2) is 4.39 Å². The lowest BCUT2D eigenvalue weighted by molar-refractivity contribution is 0.0829. The molecule has 5 aliphatic heterocycles. The number of benzene rings is 2. The summed E-state index contributed by atoms with van der Waals surface area (Å²) >= 11 is 6.71. The Labute approximate surface area is 262 Å². The highest BCUT2D eigenvalue weighted by Crippen LogP contribution is 2.52. The summed E-state index contributed by atoms with van der Waals surface area (Å²) in [6, 6.07) is 11.2. The number of nitrogens with one attached hydrogen (secondary N) is 1. The van der Waals surface area contributed by atoms with Crippen molar-refractivity contribution in [2.24, 2.45) is 5.92 Å². The van der Waals surface area contributed by atoms with Crippen LogP contribution >= 0.6 is 11.6 Å². The number of piperazine rings is 1. The standard InChI is InChI=1S/C34H40ClFN6O2/c35-27-5-1-3-20-11-25(43)12-30(31(20)27)40-10-9-26-28(18-40)38-33(39-32(26)41-16-23-7-8-24(17-41)37-23)44-19-34-13-21-4-2-6-29(21)42(34)15-22(36)14-34/h1,3,5,11-12,21-24,29,37,43H,2,4,6-10,13-19H2. The minimum absolute atomic E-state index is 0.220. The average Bonchev–Trinajstić information content (AvgIpc) is 3.75. The second-order valence-corrected chi connectivity index (χ2v) is 14.6. The third-order valence-corrected chi connectivity index (χ3v) is 11.8. The van der Waals surface area contributed by atoms with Crippen LogP contribution in [0.1, 0.15) is 56.2 Å². The van der Waals surface area contributed by atoms with Gasteiger partial charge in [0.25, 0.3) is 0 Å². The molecule has 6 atom stereocenters. The normalized spacial score (nSPS) is 32.7. The zero-order valence-corrected chi connectivity index (χ0v) is 25.8. The monoisotopic (exact) mass is 618 g/mol. The summed E-state index contributed by atoms with van der Waals surface area (Å²) in [5.41, 5.74) is 2.79. The van der Waals surface area contributed by atoms with Gasteiger partial charge in [-0.2, -0.15) is 9.97 Å². The van der Waals surface area contributed by atoms with E-state index in [4.69, 9.17) is 26.3 Å². The molecule has 3 aromatic rings. The van der Waals surface area contributed by atoms with Gasteiger partial charge in [-0.05, 0) is 62.0 Å². The van der Waals surface area contributed by atoms with E-state index in [1.807, 2.05) is 24.3 Å². The highest BCUT2D eigenvalue weighted by Gasteiger charge is 2.58. The number of ether oxygens (including phenoxy) is 1. The molecule has 2 N–H and O–H groups in total. The first-order valence-electron chi connectivity index (χ1n) is 16.5. The SMILES string of the molecule is Oc1cc(N2CCc3c(nc(OCC45CC(F)CN4C4CCCC4C5)nc3N3CC4CCC(C3)N4)C2)c2c(Cl)cccc2c1. The minimum Gasteiger partial charge on any atom is -0.508 e. The van der Waals surface area contributed by atoms with Gasteiger partial charge >= 0.3 is 6.01 Å². The number of phenols is 1. The van der Waals surface area contributed by atoms with E-state index in [1.54, 1.807) is 6.07 Å². The lowest BCUT2D eigenvalue weighted by atomic mass is 9.89. The number of rotatable bonds is 5. The second-order valence-electron chi connectivity index (χ2n) is 14.2. The van der Waals surface area contributed by atoms with Gasteiger partial charge in [0.1, 0.15) is 24.3 Å². The van der Waals surface area contributed by atoms with E-state index in [1.165, 1.54) is 37.7 Å². The molecule has 232 valence electrons. The number of hydrogen-bond donors (Lipinski definition) is 2. The van der Waals surface area contributed by atoms with Crippen molar-refractivity contribution in [2.45, 2.75) is 87.7 Å². The maximum atomic E-state index is 14.9. The van der Waals surface area contributed by atoms with E-state index < -0.39 is 6.17 Å². The Kier molecular flexibility index (Phi) is 6.44. The highest BCUT2D eigenvalue weighted by atomic mass is 35.5. The number of alkyl halides is 1. The molecular formula is C34H40ClFN6O2. The van der Waals surface area contributed by atoms with E-state index in [0.717, 1.165) is 60.4 Å². The molecule has 2 bridgehead atoms. The summed E-state index contributed by atoms with van der Waals surface area (Å²) in [5.74, 6) is 1.87. The Hall–Kier alpha value is -2.88. The number of hydrogen-bond acceptors (Lipinski definition) is 8. The number of aromatic hydroxyl groups is 1. The van der Waals surface area contributed by atoms with Crippen LogP contribution in [0.25, 0.3) is 10.8 Å². The molecule has 2 aromatic carbocycles. The summed E-state index contributed by atoms with van der Waals surface area (Å²) in [5, 5.41) is 16.9. The van der Waals surface area contributed by atoms with Crippen LogP contribution in [0.3, 0.4) is 0 Å². The third kappa shape index (κ3) is 4.44. The topological polar surface area (TPSA) is 77.0 Å². The van der Waals surface area contributed by atoms with Crippen LogP contribution in [0.5, 0.6) is 11.8 Å². The summed E-state index contributed by atoms with van der Waals surface area (Å²) in [7, 11) is 0. The molecule has 6 aliphatic rings. The predicted octanol–water partition coefficient (Wildman–Crippen LogP) is 5.23. The van der Waals surface area contributed by atoms with Gasteiger partial charge < -0.3 is 25.0 Å². The number of phenolic OH excluding ortho intramolecular Hbond substituents is 1. The number of nitrogens with zero attached hydrogens (tertiary/aromatic N) is 5. The van der Waals surface area contributed by atoms with Gasteiger partial charge in [0.2, 0.25) is 0 Å². The Morgan fingerprint density at radius 1 is 1.05 bits per heavy atom. The summed E-state index contributed by atoms with van der Waals surface area (Å²) in [4.78, 5) is 17.3. The second kappa shape index (κ2) is 10.3. The van der Waals surface area contributed by atoms with Crippen LogP contribution in [0.15, 0.2) is 30.3 Å². The average molecular weight is 619 g/mol. The predicted molar refractivity (Wildman–Crippen MR) is 170 cm³/mol. The van der Waals surface area contributed by atoms with Crippen LogP contribution in [0.2, 0.25) is 5.02 Å². The molecule has 0 radical (unpaired) electrons. The van der Waals surface area contributed by atoms with Crippen LogP contribution < -0.4 is 19.9 Å². The van der Waals surface area contributed by atoms with Crippen molar-refractivity contribution >= 4 is 33.9 Å². The first kappa shape index (κ1) is 27.4. The molecule has 0 spiro atoms.